The minimum atomic E-state index is 0.730. The normalized spacial score (nSPS) is 11.1. The lowest BCUT2D eigenvalue weighted by molar-refractivity contribution is 0.615. The molecule has 0 aliphatic heterocycles. The van der Waals surface area contributed by atoms with Crippen molar-refractivity contribution >= 4 is 15.9 Å². The van der Waals surface area contributed by atoms with Crippen LogP contribution in [0.3, 0.4) is 0 Å². The summed E-state index contributed by atoms with van der Waals surface area (Å²) < 4.78 is 4.95. The van der Waals surface area contributed by atoms with Crippen molar-refractivity contribution in [1.82, 2.24) is 24.9 Å². The van der Waals surface area contributed by atoms with Crippen molar-refractivity contribution in [3.05, 3.63) is 33.8 Å². The Morgan fingerprint density at radius 3 is 2.83 bits per heavy atom. The average Bonchev–Trinajstić information content (AvgIpc) is 2.89. The van der Waals surface area contributed by atoms with E-state index in [9.17, 15) is 0 Å². The van der Waals surface area contributed by atoms with Gasteiger partial charge in [-0.05, 0) is 29.4 Å². The Kier molecular flexibility index (Phi) is 4.19. The van der Waals surface area contributed by atoms with E-state index >= 15 is 0 Å². The van der Waals surface area contributed by atoms with E-state index in [4.69, 9.17) is 0 Å². The van der Waals surface area contributed by atoms with E-state index < -0.39 is 0 Å². The molecule has 0 spiro atoms. The minimum absolute atomic E-state index is 0.730. The van der Waals surface area contributed by atoms with Crippen molar-refractivity contribution in [3.8, 4) is 0 Å². The number of aromatic nitrogens is 4. The number of rotatable bonds is 5. The van der Waals surface area contributed by atoms with Gasteiger partial charge in [0.25, 0.3) is 0 Å². The van der Waals surface area contributed by atoms with Crippen LogP contribution in [0.2, 0.25) is 0 Å². The Labute approximate surface area is 115 Å². The molecule has 0 saturated carbocycles. The molecule has 2 aromatic heterocycles. The molecule has 0 amide bonds. The van der Waals surface area contributed by atoms with Crippen molar-refractivity contribution in [1.29, 1.82) is 0 Å². The molecule has 0 bridgehead atoms. The maximum atomic E-state index is 4.48. The zero-order valence-electron chi connectivity index (χ0n) is 10.9. The Balaban J connectivity index is 2.20. The highest BCUT2D eigenvalue weighted by atomic mass is 79.9. The molecule has 5 nitrogen and oxygen atoms in total. The summed E-state index contributed by atoms with van der Waals surface area (Å²) in [6, 6.07) is 0. The second-order valence-corrected chi connectivity index (χ2v) is 5.05. The average molecular weight is 312 g/mol. The van der Waals surface area contributed by atoms with Gasteiger partial charge in [0.1, 0.15) is 0 Å². The van der Waals surface area contributed by atoms with Crippen molar-refractivity contribution in [2.24, 2.45) is 7.05 Å². The third kappa shape index (κ3) is 2.64. The molecule has 2 aromatic rings. The van der Waals surface area contributed by atoms with Gasteiger partial charge >= 0.3 is 0 Å². The quantitative estimate of drug-likeness (QED) is 0.914. The van der Waals surface area contributed by atoms with Crippen molar-refractivity contribution < 1.29 is 0 Å². The molecule has 0 aromatic carbocycles. The van der Waals surface area contributed by atoms with Crippen LogP contribution in [0.4, 0.5) is 0 Å². The molecule has 18 heavy (non-hydrogen) atoms. The summed E-state index contributed by atoms with van der Waals surface area (Å²) in [5.41, 5.74) is 3.42. The van der Waals surface area contributed by atoms with E-state index in [2.05, 4.69) is 44.6 Å². The molecule has 0 radical (unpaired) electrons. The topological polar surface area (TPSA) is 47.7 Å². The highest BCUT2D eigenvalue weighted by Crippen LogP contribution is 2.22. The van der Waals surface area contributed by atoms with E-state index in [0.717, 1.165) is 35.4 Å². The van der Waals surface area contributed by atoms with Gasteiger partial charge < -0.3 is 5.32 Å². The summed E-state index contributed by atoms with van der Waals surface area (Å²) >= 11 is 3.62. The largest absolute Gasteiger partial charge is 0.316 e. The third-order valence-electron chi connectivity index (χ3n) is 2.88. The van der Waals surface area contributed by atoms with Gasteiger partial charge in [-0.1, -0.05) is 6.92 Å². The highest BCUT2D eigenvalue weighted by Gasteiger charge is 2.13. The van der Waals surface area contributed by atoms with E-state index in [0.29, 0.717) is 0 Å². The van der Waals surface area contributed by atoms with Gasteiger partial charge in [-0.25, -0.2) is 0 Å². The van der Waals surface area contributed by atoms with Crippen LogP contribution in [0.5, 0.6) is 0 Å². The maximum Gasteiger partial charge on any atom is 0.0839 e. The predicted molar refractivity (Wildman–Crippen MR) is 74.4 cm³/mol. The van der Waals surface area contributed by atoms with Crippen LogP contribution in [-0.2, 0) is 26.6 Å². The molecule has 2 heterocycles. The molecule has 1 N–H and O–H groups in total. The molecule has 0 aliphatic rings. The van der Waals surface area contributed by atoms with Gasteiger partial charge in [0.05, 0.1) is 28.6 Å². The number of hydrogen-bond acceptors (Lipinski definition) is 3. The van der Waals surface area contributed by atoms with Crippen LogP contribution in [0.25, 0.3) is 0 Å². The maximum absolute atomic E-state index is 4.48. The van der Waals surface area contributed by atoms with Gasteiger partial charge in [0, 0.05) is 25.4 Å². The number of nitrogens with one attached hydrogen (secondary N) is 1. The highest BCUT2D eigenvalue weighted by molar-refractivity contribution is 9.10. The molecule has 0 saturated heterocycles. The third-order valence-corrected chi connectivity index (χ3v) is 3.80. The Morgan fingerprint density at radius 2 is 2.22 bits per heavy atom. The minimum Gasteiger partial charge on any atom is -0.316 e. The first-order valence-electron chi connectivity index (χ1n) is 6.01. The van der Waals surface area contributed by atoms with Crippen molar-refractivity contribution in [2.45, 2.75) is 26.4 Å². The van der Waals surface area contributed by atoms with E-state index in [-0.39, 0.29) is 0 Å². The van der Waals surface area contributed by atoms with Crippen molar-refractivity contribution in [3.63, 3.8) is 0 Å². The number of halogens is 1. The first-order valence-corrected chi connectivity index (χ1v) is 6.81. The fourth-order valence-electron chi connectivity index (χ4n) is 1.93. The summed E-state index contributed by atoms with van der Waals surface area (Å²) in [4.78, 5) is 0. The van der Waals surface area contributed by atoms with Crippen molar-refractivity contribution in [2.75, 3.05) is 7.05 Å². The summed E-state index contributed by atoms with van der Waals surface area (Å²) in [6.07, 6.45) is 4.88. The Morgan fingerprint density at radius 1 is 1.44 bits per heavy atom. The molecular formula is C12H18BrN5. The van der Waals surface area contributed by atoms with E-state index in [1.54, 1.807) is 0 Å². The van der Waals surface area contributed by atoms with E-state index in [1.165, 1.54) is 5.56 Å². The van der Waals surface area contributed by atoms with Gasteiger partial charge in [0.2, 0.25) is 0 Å². The Bertz CT molecular complexity index is 529. The van der Waals surface area contributed by atoms with Crippen LogP contribution in [0.1, 0.15) is 23.9 Å². The fraction of sp³-hybridized carbons (Fsp3) is 0.500. The SMILES string of the molecule is CCc1nn(C)c(Cn2cc(CNC)cn2)c1Br. The van der Waals surface area contributed by atoms with Crippen LogP contribution in [-0.4, -0.2) is 26.6 Å². The molecule has 0 atom stereocenters. The lowest BCUT2D eigenvalue weighted by Crippen LogP contribution is -2.07. The summed E-state index contributed by atoms with van der Waals surface area (Å²) in [6.45, 7) is 3.68. The first kappa shape index (κ1) is 13.3. The van der Waals surface area contributed by atoms with Crippen LogP contribution >= 0.6 is 15.9 Å². The molecule has 0 fully saturated rings. The molecule has 98 valence electrons. The number of aryl methyl sites for hydroxylation is 2. The van der Waals surface area contributed by atoms with Gasteiger partial charge in [-0.3, -0.25) is 9.36 Å². The molecule has 0 aliphatic carbocycles. The lowest BCUT2D eigenvalue weighted by Gasteiger charge is -2.03. The standard InChI is InChI=1S/C12H18BrN5/c1-4-10-12(13)11(17(3)16-10)8-18-7-9(5-14-2)6-15-18/h6-7,14H,4-5,8H2,1-3H3. The Hall–Kier alpha value is -1.14. The predicted octanol–water partition coefficient (Wildman–Crippen LogP) is 1.71. The van der Waals surface area contributed by atoms with Crippen LogP contribution in [0, 0.1) is 0 Å². The second kappa shape index (κ2) is 5.67. The zero-order valence-corrected chi connectivity index (χ0v) is 12.5. The summed E-state index contributed by atoms with van der Waals surface area (Å²) in [5, 5.41) is 12.0. The van der Waals surface area contributed by atoms with Crippen LogP contribution < -0.4 is 5.32 Å². The first-order chi connectivity index (χ1) is 8.65. The zero-order chi connectivity index (χ0) is 13.1. The van der Waals surface area contributed by atoms with E-state index in [1.807, 2.05) is 29.7 Å². The molecular weight excluding hydrogens is 294 g/mol. The molecule has 0 unspecified atom stereocenters. The molecule has 6 heteroatoms. The monoisotopic (exact) mass is 311 g/mol. The van der Waals surface area contributed by atoms with Gasteiger partial charge in [0.15, 0.2) is 0 Å². The number of nitrogens with zero attached hydrogens (tertiary/aromatic N) is 4. The summed E-state index contributed by atoms with van der Waals surface area (Å²) in [7, 11) is 3.90. The lowest BCUT2D eigenvalue weighted by atomic mass is 10.3. The number of hydrogen-bond donors (Lipinski definition) is 1. The smallest absolute Gasteiger partial charge is 0.0839 e. The summed E-state index contributed by atoms with van der Waals surface area (Å²) in [5.74, 6) is 0. The second-order valence-electron chi connectivity index (χ2n) is 4.26. The van der Waals surface area contributed by atoms with Gasteiger partial charge in [-0.15, -0.1) is 0 Å². The van der Waals surface area contributed by atoms with Crippen LogP contribution in [0.15, 0.2) is 16.9 Å². The fourth-order valence-corrected chi connectivity index (χ4v) is 2.67. The van der Waals surface area contributed by atoms with Gasteiger partial charge in [-0.2, -0.15) is 10.2 Å². The molecule has 2 rings (SSSR count).